The maximum atomic E-state index is 12.4. The van der Waals surface area contributed by atoms with Gasteiger partial charge in [0.05, 0.1) is 6.21 Å². The molecule has 0 aliphatic carbocycles. The van der Waals surface area contributed by atoms with Crippen LogP contribution in [0.25, 0.3) is 0 Å². The molecule has 0 spiro atoms. The lowest BCUT2D eigenvalue weighted by Crippen LogP contribution is -2.17. The van der Waals surface area contributed by atoms with Crippen molar-refractivity contribution in [3.63, 3.8) is 0 Å². The van der Waals surface area contributed by atoms with Crippen LogP contribution in [0.2, 0.25) is 0 Å². The number of benzene rings is 4. The molecule has 0 unspecified atom stereocenters. The SMILES string of the molecule is O=C(N/N=C\c1ccccc1OCc1ccc(Br)cc1)c1ccc(OCc2ccccc2)cc1. The van der Waals surface area contributed by atoms with E-state index in [0.717, 1.165) is 21.2 Å². The lowest BCUT2D eigenvalue weighted by molar-refractivity contribution is 0.0955. The summed E-state index contributed by atoms with van der Waals surface area (Å²) in [5.41, 5.74) is 5.96. The zero-order valence-electron chi connectivity index (χ0n) is 18.4. The monoisotopic (exact) mass is 514 g/mol. The Hall–Kier alpha value is -3.90. The van der Waals surface area contributed by atoms with Crippen LogP contribution in [-0.4, -0.2) is 12.1 Å². The summed E-state index contributed by atoms with van der Waals surface area (Å²) >= 11 is 3.43. The first-order valence-electron chi connectivity index (χ1n) is 10.7. The summed E-state index contributed by atoms with van der Waals surface area (Å²) in [6, 6.07) is 32.4. The second-order valence-electron chi connectivity index (χ2n) is 7.45. The number of rotatable bonds is 9. The van der Waals surface area contributed by atoms with Gasteiger partial charge >= 0.3 is 0 Å². The standard InChI is InChI=1S/C28H23BrN2O3/c29-25-14-10-22(11-15-25)20-34-27-9-5-4-8-24(27)18-30-31-28(32)23-12-16-26(17-13-23)33-19-21-6-2-1-3-7-21/h1-18H,19-20H2,(H,31,32)/b30-18-. The molecule has 1 amide bonds. The molecule has 0 saturated heterocycles. The number of para-hydroxylation sites is 1. The molecule has 5 nitrogen and oxygen atoms in total. The second kappa shape index (κ2) is 11.8. The van der Waals surface area contributed by atoms with Crippen LogP contribution in [0.4, 0.5) is 0 Å². The number of halogens is 1. The van der Waals surface area contributed by atoms with Gasteiger partial charge in [-0.3, -0.25) is 4.79 Å². The fourth-order valence-corrected chi connectivity index (χ4v) is 3.39. The fourth-order valence-electron chi connectivity index (χ4n) is 3.13. The summed E-state index contributed by atoms with van der Waals surface area (Å²) in [6.07, 6.45) is 1.58. The van der Waals surface area contributed by atoms with Crippen LogP contribution in [0.5, 0.6) is 11.5 Å². The molecule has 6 heteroatoms. The molecule has 170 valence electrons. The summed E-state index contributed by atoms with van der Waals surface area (Å²) in [7, 11) is 0. The Bertz CT molecular complexity index is 1240. The van der Waals surface area contributed by atoms with Gasteiger partial charge in [0.25, 0.3) is 5.91 Å². The maximum absolute atomic E-state index is 12.4. The van der Waals surface area contributed by atoms with E-state index in [1.165, 1.54) is 0 Å². The maximum Gasteiger partial charge on any atom is 0.271 e. The molecular formula is C28H23BrN2O3. The Labute approximate surface area is 207 Å². The van der Waals surface area contributed by atoms with Gasteiger partial charge in [-0.1, -0.05) is 70.5 Å². The molecule has 0 radical (unpaired) electrons. The van der Waals surface area contributed by atoms with E-state index in [4.69, 9.17) is 9.47 Å². The van der Waals surface area contributed by atoms with Gasteiger partial charge in [-0.25, -0.2) is 5.43 Å². The molecule has 0 atom stereocenters. The van der Waals surface area contributed by atoms with Gasteiger partial charge in [-0.15, -0.1) is 0 Å². The van der Waals surface area contributed by atoms with Crippen molar-refractivity contribution in [1.82, 2.24) is 5.43 Å². The predicted octanol–water partition coefficient (Wildman–Crippen LogP) is 6.37. The van der Waals surface area contributed by atoms with Crippen molar-refractivity contribution >= 4 is 28.1 Å². The van der Waals surface area contributed by atoms with Crippen LogP contribution >= 0.6 is 15.9 Å². The lowest BCUT2D eigenvalue weighted by Gasteiger charge is -2.09. The second-order valence-corrected chi connectivity index (χ2v) is 8.37. The molecule has 0 aliphatic rings. The average Bonchev–Trinajstić information content (AvgIpc) is 2.88. The first kappa shape index (κ1) is 23.3. The van der Waals surface area contributed by atoms with Gasteiger partial charge < -0.3 is 9.47 Å². The number of hydrogen-bond donors (Lipinski definition) is 1. The normalized spacial score (nSPS) is 10.7. The van der Waals surface area contributed by atoms with Gasteiger partial charge in [0.1, 0.15) is 24.7 Å². The highest BCUT2D eigenvalue weighted by Crippen LogP contribution is 2.19. The van der Waals surface area contributed by atoms with Crippen molar-refractivity contribution in [2.45, 2.75) is 13.2 Å². The minimum atomic E-state index is -0.306. The van der Waals surface area contributed by atoms with Crippen molar-refractivity contribution < 1.29 is 14.3 Å². The summed E-state index contributed by atoms with van der Waals surface area (Å²) in [5, 5.41) is 4.10. The van der Waals surface area contributed by atoms with E-state index in [-0.39, 0.29) is 5.91 Å². The van der Waals surface area contributed by atoms with Crippen LogP contribution in [0.1, 0.15) is 27.0 Å². The zero-order chi connectivity index (χ0) is 23.6. The van der Waals surface area contributed by atoms with Crippen molar-refractivity contribution in [3.05, 3.63) is 130 Å². The number of nitrogens with one attached hydrogen (secondary N) is 1. The minimum Gasteiger partial charge on any atom is -0.489 e. The van der Waals surface area contributed by atoms with Crippen molar-refractivity contribution in [2.24, 2.45) is 5.10 Å². The summed E-state index contributed by atoms with van der Waals surface area (Å²) in [5.74, 6) is 1.07. The van der Waals surface area contributed by atoms with Crippen LogP contribution in [0.3, 0.4) is 0 Å². The van der Waals surface area contributed by atoms with Gasteiger partial charge in [0.2, 0.25) is 0 Å². The predicted molar refractivity (Wildman–Crippen MR) is 137 cm³/mol. The van der Waals surface area contributed by atoms with Gasteiger partial charge in [-0.2, -0.15) is 5.10 Å². The minimum absolute atomic E-state index is 0.306. The number of ether oxygens (including phenoxy) is 2. The van der Waals surface area contributed by atoms with Crippen LogP contribution < -0.4 is 14.9 Å². The van der Waals surface area contributed by atoms with Crippen LogP contribution in [0.15, 0.2) is 113 Å². The largest absolute Gasteiger partial charge is 0.489 e. The van der Waals surface area contributed by atoms with Crippen molar-refractivity contribution in [1.29, 1.82) is 0 Å². The molecule has 0 aliphatic heterocycles. The molecule has 4 aromatic carbocycles. The van der Waals surface area contributed by atoms with Gasteiger partial charge in [-0.05, 0) is 59.7 Å². The van der Waals surface area contributed by atoms with Gasteiger partial charge in [0.15, 0.2) is 0 Å². The molecule has 0 heterocycles. The van der Waals surface area contributed by atoms with E-state index < -0.39 is 0 Å². The number of amides is 1. The molecule has 0 fully saturated rings. The third-order valence-electron chi connectivity index (χ3n) is 4.96. The number of hydrogen-bond acceptors (Lipinski definition) is 4. The zero-order valence-corrected chi connectivity index (χ0v) is 19.9. The van der Waals surface area contributed by atoms with E-state index in [1.807, 2.05) is 78.9 Å². The van der Waals surface area contributed by atoms with Gasteiger partial charge in [0, 0.05) is 15.6 Å². The summed E-state index contributed by atoms with van der Waals surface area (Å²) < 4.78 is 12.7. The Morgan fingerprint density at radius 2 is 1.41 bits per heavy atom. The number of hydrazone groups is 1. The quantitative estimate of drug-likeness (QED) is 0.208. The molecule has 4 aromatic rings. The number of carbonyl (C=O) groups excluding carboxylic acids is 1. The number of carbonyl (C=O) groups is 1. The molecular weight excluding hydrogens is 492 g/mol. The Kier molecular flexibility index (Phi) is 8.08. The molecule has 34 heavy (non-hydrogen) atoms. The molecule has 1 N–H and O–H groups in total. The Morgan fingerprint density at radius 1 is 0.765 bits per heavy atom. The first-order chi connectivity index (χ1) is 16.7. The third-order valence-corrected chi connectivity index (χ3v) is 5.49. The van der Waals surface area contributed by atoms with E-state index >= 15 is 0 Å². The Balaban J connectivity index is 1.30. The smallest absolute Gasteiger partial charge is 0.271 e. The van der Waals surface area contributed by atoms with Crippen molar-refractivity contribution in [3.8, 4) is 11.5 Å². The summed E-state index contributed by atoms with van der Waals surface area (Å²) in [6.45, 7) is 0.906. The number of nitrogens with zero attached hydrogens (tertiary/aromatic N) is 1. The molecule has 0 saturated carbocycles. The highest BCUT2D eigenvalue weighted by Gasteiger charge is 2.06. The topological polar surface area (TPSA) is 59.9 Å². The van der Waals surface area contributed by atoms with Crippen LogP contribution in [0, 0.1) is 0 Å². The highest BCUT2D eigenvalue weighted by molar-refractivity contribution is 9.10. The third kappa shape index (κ3) is 6.80. The molecule has 0 bridgehead atoms. The Morgan fingerprint density at radius 3 is 2.18 bits per heavy atom. The van der Waals surface area contributed by atoms with E-state index in [0.29, 0.717) is 30.3 Å². The average molecular weight is 515 g/mol. The van der Waals surface area contributed by atoms with E-state index in [9.17, 15) is 4.79 Å². The molecule has 0 aromatic heterocycles. The van der Waals surface area contributed by atoms with Crippen LogP contribution in [-0.2, 0) is 13.2 Å². The summed E-state index contributed by atoms with van der Waals surface area (Å²) in [4.78, 5) is 12.4. The highest BCUT2D eigenvalue weighted by atomic mass is 79.9. The van der Waals surface area contributed by atoms with Crippen molar-refractivity contribution in [2.75, 3.05) is 0 Å². The fraction of sp³-hybridized carbons (Fsp3) is 0.0714. The molecule has 4 rings (SSSR count). The first-order valence-corrected chi connectivity index (χ1v) is 11.5. The van der Waals surface area contributed by atoms with E-state index in [1.54, 1.807) is 30.5 Å². The van der Waals surface area contributed by atoms with E-state index in [2.05, 4.69) is 26.5 Å². The lowest BCUT2D eigenvalue weighted by atomic mass is 10.2.